The molecule has 0 aliphatic carbocycles. The van der Waals surface area contributed by atoms with Crippen molar-refractivity contribution in [2.24, 2.45) is 16.6 Å². The molecule has 2 aliphatic heterocycles. The molecule has 3 N–H and O–H groups in total. The van der Waals surface area contributed by atoms with Crippen molar-refractivity contribution in [3.05, 3.63) is 18.2 Å². The molecule has 0 saturated carbocycles. The fourth-order valence-electron chi connectivity index (χ4n) is 3.52. The average molecular weight is 376 g/mol. The van der Waals surface area contributed by atoms with Crippen molar-refractivity contribution in [3.63, 3.8) is 0 Å². The number of hydrogen-bond donors (Lipinski definition) is 2. The van der Waals surface area contributed by atoms with E-state index in [1.807, 2.05) is 18.2 Å². The molecule has 1 aromatic carbocycles. The van der Waals surface area contributed by atoms with Crippen molar-refractivity contribution >= 4 is 11.6 Å². The summed E-state index contributed by atoms with van der Waals surface area (Å²) in [5, 5.41) is 3.18. The second kappa shape index (κ2) is 9.28. The third kappa shape index (κ3) is 5.49. The Kier molecular flexibility index (Phi) is 6.79. The number of nitrogens with zero attached hydrogens (tertiary/aromatic N) is 3. The molecule has 7 nitrogen and oxygen atoms in total. The molecule has 3 rings (SSSR count). The largest absolute Gasteiger partial charge is 0.490 e. The first-order valence-corrected chi connectivity index (χ1v) is 9.92. The first-order chi connectivity index (χ1) is 13.0. The minimum atomic E-state index is 0.405. The molecule has 7 heteroatoms. The molecular weight excluding hydrogens is 342 g/mol. The van der Waals surface area contributed by atoms with E-state index >= 15 is 0 Å². The average Bonchev–Trinajstić information content (AvgIpc) is 2.88. The highest BCUT2D eigenvalue weighted by molar-refractivity contribution is 5.92. The molecular formula is C20H33N5O2. The van der Waals surface area contributed by atoms with Crippen LogP contribution in [-0.2, 0) is 0 Å². The van der Waals surface area contributed by atoms with Crippen LogP contribution in [0.3, 0.4) is 0 Å². The number of ether oxygens (including phenoxy) is 2. The van der Waals surface area contributed by atoms with Crippen molar-refractivity contribution < 1.29 is 9.47 Å². The summed E-state index contributed by atoms with van der Waals surface area (Å²) in [5.41, 5.74) is 7.01. The van der Waals surface area contributed by atoms with E-state index in [1.165, 1.54) is 0 Å². The molecule has 0 amide bonds. The lowest BCUT2D eigenvalue weighted by atomic mass is 10.0. The van der Waals surface area contributed by atoms with Crippen molar-refractivity contribution in [3.8, 4) is 11.5 Å². The van der Waals surface area contributed by atoms with Gasteiger partial charge >= 0.3 is 0 Å². The monoisotopic (exact) mass is 375 g/mol. The molecule has 27 heavy (non-hydrogen) atoms. The molecule has 0 bridgehead atoms. The quantitative estimate of drug-likeness (QED) is 0.604. The van der Waals surface area contributed by atoms with Gasteiger partial charge in [-0.25, -0.2) is 0 Å². The molecule has 1 atom stereocenters. The highest BCUT2D eigenvalue weighted by Gasteiger charge is 2.24. The first kappa shape index (κ1) is 19.8. The van der Waals surface area contributed by atoms with E-state index in [0.717, 1.165) is 49.8 Å². The van der Waals surface area contributed by atoms with Crippen molar-refractivity contribution in [1.29, 1.82) is 0 Å². The second-order valence-corrected chi connectivity index (χ2v) is 7.71. The number of aliphatic imine (C=N–C) groups is 1. The van der Waals surface area contributed by atoms with Gasteiger partial charge in [-0.3, -0.25) is 9.89 Å². The molecule has 2 aliphatic rings. The van der Waals surface area contributed by atoms with Crippen LogP contribution in [0.2, 0.25) is 0 Å². The summed E-state index contributed by atoms with van der Waals surface area (Å²) in [7, 11) is 2.18. The minimum Gasteiger partial charge on any atom is -0.490 e. The molecule has 0 spiro atoms. The lowest BCUT2D eigenvalue weighted by molar-refractivity contribution is 0.0926. The number of benzene rings is 1. The highest BCUT2D eigenvalue weighted by Crippen LogP contribution is 2.32. The van der Waals surface area contributed by atoms with Gasteiger partial charge in [-0.2, -0.15) is 0 Å². The molecule has 0 radical (unpaired) electrons. The van der Waals surface area contributed by atoms with Gasteiger partial charge in [-0.1, -0.05) is 13.8 Å². The molecule has 1 aromatic rings. The topological polar surface area (TPSA) is 75.3 Å². The molecule has 1 fully saturated rings. The first-order valence-electron chi connectivity index (χ1n) is 9.92. The summed E-state index contributed by atoms with van der Waals surface area (Å²) >= 11 is 0. The van der Waals surface area contributed by atoms with E-state index < -0.39 is 0 Å². The summed E-state index contributed by atoms with van der Waals surface area (Å²) in [4.78, 5) is 9.53. The van der Waals surface area contributed by atoms with Crippen LogP contribution in [0.4, 0.5) is 5.69 Å². The van der Waals surface area contributed by atoms with E-state index in [4.69, 9.17) is 15.2 Å². The fraction of sp³-hybridized carbons (Fsp3) is 0.650. The zero-order valence-electron chi connectivity index (χ0n) is 16.8. The smallest absolute Gasteiger partial charge is 0.193 e. The number of rotatable bonds is 5. The molecule has 1 saturated heterocycles. The Morgan fingerprint density at radius 3 is 2.56 bits per heavy atom. The molecule has 1 unspecified atom stereocenters. The van der Waals surface area contributed by atoms with Gasteiger partial charge in [0.1, 0.15) is 0 Å². The third-order valence-electron chi connectivity index (χ3n) is 5.25. The molecule has 2 heterocycles. The number of likely N-dealkylation sites (N-methyl/N-ethyl adjacent to an activating group) is 1. The Morgan fingerprint density at radius 2 is 1.85 bits per heavy atom. The molecule has 150 valence electrons. The number of hydrogen-bond acceptors (Lipinski definition) is 5. The van der Waals surface area contributed by atoms with Crippen molar-refractivity contribution in [2.45, 2.75) is 26.3 Å². The maximum atomic E-state index is 6.15. The van der Waals surface area contributed by atoms with Crippen LogP contribution in [0.5, 0.6) is 11.5 Å². The predicted octanol–water partition coefficient (Wildman–Crippen LogP) is 1.85. The maximum absolute atomic E-state index is 6.15. The summed E-state index contributed by atoms with van der Waals surface area (Å²) in [6.45, 7) is 11.0. The number of nitrogens with two attached hydrogens (primary N) is 1. The van der Waals surface area contributed by atoms with Crippen LogP contribution < -0.4 is 20.5 Å². The fourth-order valence-corrected chi connectivity index (χ4v) is 3.52. The van der Waals surface area contributed by atoms with Crippen LogP contribution in [0.25, 0.3) is 0 Å². The van der Waals surface area contributed by atoms with E-state index in [9.17, 15) is 0 Å². The summed E-state index contributed by atoms with van der Waals surface area (Å²) < 4.78 is 11.4. The number of guanidine groups is 1. The highest BCUT2D eigenvalue weighted by atomic mass is 16.5. The molecule has 0 aromatic heterocycles. The number of piperazine rings is 1. The zero-order valence-corrected chi connectivity index (χ0v) is 16.8. The van der Waals surface area contributed by atoms with Crippen LogP contribution in [0.1, 0.15) is 20.3 Å². The van der Waals surface area contributed by atoms with Gasteiger partial charge in [0.25, 0.3) is 0 Å². The predicted molar refractivity (Wildman–Crippen MR) is 110 cm³/mol. The van der Waals surface area contributed by atoms with Gasteiger partial charge in [-0.05, 0) is 25.1 Å². The van der Waals surface area contributed by atoms with Gasteiger partial charge in [0.05, 0.1) is 19.8 Å². The Hall–Kier alpha value is -1.99. The number of anilines is 1. The Labute approximate surface area is 162 Å². The zero-order chi connectivity index (χ0) is 19.2. The lowest BCUT2D eigenvalue weighted by Gasteiger charge is -2.39. The minimum absolute atomic E-state index is 0.405. The summed E-state index contributed by atoms with van der Waals surface area (Å²) in [6.07, 6.45) is 0.893. The van der Waals surface area contributed by atoms with Crippen molar-refractivity contribution in [1.82, 2.24) is 9.80 Å². The van der Waals surface area contributed by atoms with Crippen LogP contribution in [0, 0.1) is 5.92 Å². The Bertz CT molecular complexity index is 641. The maximum Gasteiger partial charge on any atom is 0.193 e. The van der Waals surface area contributed by atoms with Crippen LogP contribution >= 0.6 is 0 Å². The standard InChI is InChI=1S/C20H33N5O2/c1-15(2)17(25-9-7-24(3)8-10-25)14-22-20(21)23-16-5-6-18-19(13-16)27-12-4-11-26-18/h5-6,13,15,17H,4,7-12,14H2,1-3H3,(H3,21,22,23). The Balaban J connectivity index is 1.60. The van der Waals surface area contributed by atoms with Gasteiger partial charge in [0.15, 0.2) is 17.5 Å². The number of fused-ring (bicyclic) bond motifs is 1. The van der Waals surface area contributed by atoms with E-state index in [1.54, 1.807) is 0 Å². The number of nitrogens with one attached hydrogen (secondary N) is 1. The third-order valence-corrected chi connectivity index (χ3v) is 5.25. The lowest BCUT2D eigenvalue weighted by Crippen LogP contribution is -2.51. The Morgan fingerprint density at radius 1 is 1.15 bits per heavy atom. The second-order valence-electron chi connectivity index (χ2n) is 7.71. The summed E-state index contributed by atoms with van der Waals surface area (Å²) in [6, 6.07) is 6.18. The van der Waals surface area contributed by atoms with Crippen molar-refractivity contribution in [2.75, 3.05) is 58.3 Å². The summed E-state index contributed by atoms with van der Waals surface area (Å²) in [5.74, 6) is 2.50. The van der Waals surface area contributed by atoms with Crippen LogP contribution in [0.15, 0.2) is 23.2 Å². The normalized spacial score (nSPS) is 20.4. The van der Waals surface area contributed by atoms with Gasteiger partial charge in [0, 0.05) is 50.4 Å². The SMILES string of the molecule is CC(C)C(CN=C(N)Nc1ccc2c(c1)OCCCO2)N1CCN(C)CC1. The van der Waals surface area contributed by atoms with Gasteiger partial charge in [-0.15, -0.1) is 0 Å². The van der Waals surface area contributed by atoms with E-state index in [-0.39, 0.29) is 0 Å². The van der Waals surface area contributed by atoms with E-state index in [0.29, 0.717) is 37.7 Å². The van der Waals surface area contributed by atoms with Gasteiger partial charge in [0.2, 0.25) is 0 Å². The van der Waals surface area contributed by atoms with Gasteiger partial charge < -0.3 is 25.4 Å². The van der Waals surface area contributed by atoms with Crippen LogP contribution in [-0.4, -0.2) is 74.8 Å². The van der Waals surface area contributed by atoms with E-state index in [2.05, 4.69) is 41.0 Å².